The zero-order valence-corrected chi connectivity index (χ0v) is 10.3. The Hall–Kier alpha value is -1.43. The van der Waals surface area contributed by atoms with Gasteiger partial charge in [-0.05, 0) is 18.2 Å². The van der Waals surface area contributed by atoms with E-state index < -0.39 is 23.7 Å². The maximum absolute atomic E-state index is 13.4. The highest BCUT2D eigenvalue weighted by molar-refractivity contribution is 9.10. The molecule has 0 aromatic heterocycles. The van der Waals surface area contributed by atoms with Gasteiger partial charge in [-0.3, -0.25) is 4.79 Å². The summed E-state index contributed by atoms with van der Waals surface area (Å²) in [6.45, 7) is 0.282. The monoisotopic (exact) mass is 301 g/mol. The van der Waals surface area contributed by atoms with Gasteiger partial charge in [-0.2, -0.15) is 0 Å². The predicted octanol–water partition coefficient (Wildman–Crippen LogP) is 1.63. The highest BCUT2D eigenvalue weighted by Crippen LogP contribution is 2.16. The molecule has 2 rings (SSSR count). The van der Waals surface area contributed by atoms with Gasteiger partial charge in [-0.1, -0.05) is 15.9 Å². The van der Waals surface area contributed by atoms with Crippen LogP contribution < -0.4 is 5.32 Å². The minimum absolute atomic E-state index is 0.0981. The molecule has 0 spiro atoms. The van der Waals surface area contributed by atoms with Crippen LogP contribution in [0.4, 0.5) is 4.39 Å². The Bertz CT molecular complexity index is 478. The third-order valence-corrected chi connectivity index (χ3v) is 2.91. The molecule has 0 aliphatic carbocycles. The molecule has 1 aliphatic rings. The van der Waals surface area contributed by atoms with Crippen molar-refractivity contribution in [3.63, 3.8) is 0 Å². The van der Waals surface area contributed by atoms with Gasteiger partial charge in [-0.15, -0.1) is 0 Å². The molecule has 1 N–H and O–H groups in total. The van der Waals surface area contributed by atoms with E-state index in [9.17, 15) is 14.0 Å². The second-order valence-electron chi connectivity index (χ2n) is 3.61. The first-order chi connectivity index (χ1) is 8.08. The van der Waals surface area contributed by atoms with Gasteiger partial charge in [0.1, 0.15) is 11.9 Å². The third kappa shape index (κ3) is 2.63. The van der Waals surface area contributed by atoms with Crippen LogP contribution in [0.1, 0.15) is 16.8 Å². The Morgan fingerprint density at radius 3 is 2.94 bits per heavy atom. The fourth-order valence-corrected chi connectivity index (χ4v) is 1.90. The SMILES string of the molecule is O=C(NC1CCOC1=O)c1cc(Br)ccc1F. The number of rotatable bonds is 2. The van der Waals surface area contributed by atoms with Crippen LogP contribution in [0, 0.1) is 5.82 Å². The van der Waals surface area contributed by atoms with E-state index in [1.54, 1.807) is 0 Å². The molecule has 1 atom stereocenters. The summed E-state index contributed by atoms with van der Waals surface area (Å²) in [5, 5.41) is 2.44. The van der Waals surface area contributed by atoms with Crippen LogP contribution in [-0.2, 0) is 9.53 Å². The number of amides is 1. The lowest BCUT2D eigenvalue weighted by Crippen LogP contribution is -2.38. The minimum Gasteiger partial charge on any atom is -0.464 e. The van der Waals surface area contributed by atoms with Crippen molar-refractivity contribution in [3.8, 4) is 0 Å². The lowest BCUT2D eigenvalue weighted by Gasteiger charge is -2.09. The van der Waals surface area contributed by atoms with Crippen molar-refractivity contribution >= 4 is 27.8 Å². The Kier molecular flexibility index (Phi) is 3.42. The zero-order chi connectivity index (χ0) is 12.4. The topological polar surface area (TPSA) is 55.4 Å². The molecule has 0 saturated carbocycles. The van der Waals surface area contributed by atoms with E-state index in [1.165, 1.54) is 18.2 Å². The summed E-state index contributed by atoms with van der Waals surface area (Å²) in [6.07, 6.45) is 0.417. The number of hydrogen-bond donors (Lipinski definition) is 1. The number of cyclic esters (lactones) is 1. The zero-order valence-electron chi connectivity index (χ0n) is 8.70. The first-order valence-electron chi connectivity index (χ1n) is 5.00. The molecule has 1 saturated heterocycles. The van der Waals surface area contributed by atoms with Gasteiger partial charge in [0.25, 0.3) is 5.91 Å². The Balaban J connectivity index is 2.14. The normalized spacial score (nSPS) is 18.9. The summed E-state index contributed by atoms with van der Waals surface area (Å²) in [6, 6.07) is 3.37. The Labute approximate surface area is 105 Å². The van der Waals surface area contributed by atoms with E-state index >= 15 is 0 Å². The van der Waals surface area contributed by atoms with Gasteiger partial charge in [0, 0.05) is 10.9 Å². The molecule has 1 fully saturated rings. The summed E-state index contributed by atoms with van der Waals surface area (Å²) in [5.74, 6) is -1.72. The quantitative estimate of drug-likeness (QED) is 0.845. The lowest BCUT2D eigenvalue weighted by molar-refractivity contribution is -0.139. The molecule has 17 heavy (non-hydrogen) atoms. The molecular formula is C11H9BrFNO3. The number of carbonyl (C=O) groups is 2. The minimum atomic E-state index is -0.680. The summed E-state index contributed by atoms with van der Waals surface area (Å²) in [7, 11) is 0. The number of ether oxygens (including phenoxy) is 1. The van der Waals surface area contributed by atoms with E-state index in [4.69, 9.17) is 4.74 Å². The maximum atomic E-state index is 13.4. The fourth-order valence-electron chi connectivity index (χ4n) is 1.53. The molecule has 1 aromatic rings. The van der Waals surface area contributed by atoms with Crippen molar-refractivity contribution in [1.29, 1.82) is 0 Å². The predicted molar refractivity (Wildman–Crippen MR) is 60.9 cm³/mol. The highest BCUT2D eigenvalue weighted by Gasteiger charge is 2.28. The standard InChI is InChI=1S/C11H9BrFNO3/c12-6-1-2-8(13)7(5-6)10(15)14-9-3-4-17-11(9)16/h1-2,5,9H,3-4H2,(H,14,15). The molecule has 0 bridgehead atoms. The van der Waals surface area contributed by atoms with Crippen LogP contribution in [0.15, 0.2) is 22.7 Å². The van der Waals surface area contributed by atoms with Gasteiger partial charge >= 0.3 is 5.97 Å². The van der Waals surface area contributed by atoms with Crippen LogP contribution in [0.2, 0.25) is 0 Å². The van der Waals surface area contributed by atoms with Gasteiger partial charge < -0.3 is 10.1 Å². The lowest BCUT2D eigenvalue weighted by atomic mass is 10.1. The molecule has 6 heteroatoms. The first-order valence-corrected chi connectivity index (χ1v) is 5.80. The molecule has 1 aromatic carbocycles. The molecule has 1 heterocycles. The van der Waals surface area contributed by atoms with Gasteiger partial charge in [0.2, 0.25) is 0 Å². The van der Waals surface area contributed by atoms with Crippen molar-refractivity contribution in [2.45, 2.75) is 12.5 Å². The molecule has 1 amide bonds. The summed E-state index contributed by atoms with van der Waals surface area (Å²) < 4.78 is 18.7. The van der Waals surface area contributed by atoms with Crippen LogP contribution in [-0.4, -0.2) is 24.5 Å². The molecular weight excluding hydrogens is 293 g/mol. The van der Waals surface area contributed by atoms with Crippen LogP contribution in [0.3, 0.4) is 0 Å². The molecule has 1 aliphatic heterocycles. The fraction of sp³-hybridized carbons (Fsp3) is 0.273. The molecule has 4 nitrogen and oxygen atoms in total. The van der Waals surface area contributed by atoms with Crippen LogP contribution in [0.5, 0.6) is 0 Å². The number of hydrogen-bond acceptors (Lipinski definition) is 3. The van der Waals surface area contributed by atoms with E-state index in [-0.39, 0.29) is 12.2 Å². The Morgan fingerprint density at radius 1 is 1.53 bits per heavy atom. The average molecular weight is 302 g/mol. The van der Waals surface area contributed by atoms with Crippen molar-refractivity contribution in [3.05, 3.63) is 34.1 Å². The van der Waals surface area contributed by atoms with Gasteiger partial charge in [0.15, 0.2) is 0 Å². The molecule has 1 unspecified atom stereocenters. The van der Waals surface area contributed by atoms with Crippen LogP contribution in [0.25, 0.3) is 0 Å². The maximum Gasteiger partial charge on any atom is 0.328 e. The Morgan fingerprint density at radius 2 is 2.29 bits per heavy atom. The van der Waals surface area contributed by atoms with E-state index in [2.05, 4.69) is 21.2 Å². The largest absolute Gasteiger partial charge is 0.464 e. The van der Waals surface area contributed by atoms with E-state index in [0.29, 0.717) is 10.9 Å². The number of halogens is 2. The summed E-state index contributed by atoms with van der Waals surface area (Å²) in [5.41, 5.74) is -0.0981. The van der Waals surface area contributed by atoms with E-state index in [1.807, 2.05) is 0 Å². The highest BCUT2D eigenvalue weighted by atomic mass is 79.9. The van der Waals surface area contributed by atoms with Crippen molar-refractivity contribution < 1.29 is 18.7 Å². The second kappa shape index (κ2) is 4.83. The van der Waals surface area contributed by atoms with Gasteiger partial charge in [-0.25, -0.2) is 9.18 Å². The third-order valence-electron chi connectivity index (χ3n) is 2.41. The van der Waals surface area contributed by atoms with E-state index in [0.717, 1.165) is 0 Å². The second-order valence-corrected chi connectivity index (χ2v) is 4.52. The number of esters is 1. The smallest absolute Gasteiger partial charge is 0.328 e. The van der Waals surface area contributed by atoms with Crippen molar-refractivity contribution in [1.82, 2.24) is 5.32 Å². The number of nitrogens with one attached hydrogen (secondary N) is 1. The van der Waals surface area contributed by atoms with Crippen molar-refractivity contribution in [2.24, 2.45) is 0 Å². The van der Waals surface area contributed by atoms with Crippen LogP contribution >= 0.6 is 15.9 Å². The summed E-state index contributed by atoms with van der Waals surface area (Å²) >= 11 is 3.15. The molecule has 0 radical (unpaired) electrons. The van der Waals surface area contributed by atoms with Gasteiger partial charge in [0.05, 0.1) is 12.2 Å². The molecule has 90 valence electrons. The number of benzene rings is 1. The average Bonchev–Trinajstić information content (AvgIpc) is 2.68. The van der Waals surface area contributed by atoms with Crippen molar-refractivity contribution in [2.75, 3.05) is 6.61 Å². The first kappa shape index (κ1) is 12.0. The summed E-state index contributed by atoms with van der Waals surface area (Å²) in [4.78, 5) is 22.9. The number of carbonyl (C=O) groups excluding carboxylic acids is 2.